The van der Waals surface area contributed by atoms with E-state index in [4.69, 9.17) is 0 Å². The zero-order valence-corrected chi connectivity index (χ0v) is 18.2. The molecular formula is C27H37NO. The van der Waals surface area contributed by atoms with Gasteiger partial charge in [-0.3, -0.25) is 4.98 Å². The number of aromatic nitrogens is 1. The zero-order valence-electron chi connectivity index (χ0n) is 18.2. The van der Waals surface area contributed by atoms with Gasteiger partial charge in [0.15, 0.2) is 0 Å². The Hall–Kier alpha value is -1.41. The fraction of sp³-hybridized carbons (Fsp3) is 0.667. The fourth-order valence-electron chi connectivity index (χ4n) is 8.31. The summed E-state index contributed by atoms with van der Waals surface area (Å²) in [6.07, 6.45) is 18.8. The standard InChI is InChI=1S/C27H37NO/c1-4-12-27(29)15-14-25(2)20(17-27)7-8-21-23-10-9-22(19-6-5-16-28-18-19)26(23,3)13-11-24(21)25/h4-6,9,16,18,20-21,23-24,29H,1,7-8,10-15,17H2,2-3H3/t20?,21?,23-,24-,25-,26+,27?/m0/s1. The van der Waals surface area contributed by atoms with Crippen LogP contribution in [0.25, 0.3) is 5.57 Å². The van der Waals surface area contributed by atoms with Crippen molar-refractivity contribution in [3.8, 4) is 0 Å². The first-order valence-corrected chi connectivity index (χ1v) is 11.8. The van der Waals surface area contributed by atoms with Crippen molar-refractivity contribution < 1.29 is 5.11 Å². The maximum Gasteiger partial charge on any atom is 0.0685 e. The lowest BCUT2D eigenvalue weighted by molar-refractivity contribution is -0.142. The molecule has 1 N–H and O–H groups in total. The Morgan fingerprint density at radius 1 is 1.17 bits per heavy atom. The second-order valence-electron chi connectivity index (χ2n) is 11.1. The monoisotopic (exact) mass is 391 g/mol. The highest BCUT2D eigenvalue weighted by Gasteiger charge is 2.59. The maximum atomic E-state index is 11.1. The van der Waals surface area contributed by atoms with Crippen LogP contribution in [0.2, 0.25) is 0 Å². The molecule has 2 heteroatoms. The van der Waals surface area contributed by atoms with Crippen LogP contribution in [-0.2, 0) is 0 Å². The van der Waals surface area contributed by atoms with Crippen LogP contribution in [0.1, 0.15) is 77.2 Å². The van der Waals surface area contributed by atoms with Gasteiger partial charge in [0, 0.05) is 12.4 Å². The van der Waals surface area contributed by atoms with Gasteiger partial charge in [-0.25, -0.2) is 0 Å². The predicted molar refractivity (Wildman–Crippen MR) is 119 cm³/mol. The second-order valence-corrected chi connectivity index (χ2v) is 11.1. The zero-order chi connectivity index (χ0) is 20.3. The molecule has 4 aliphatic carbocycles. The lowest BCUT2D eigenvalue weighted by Crippen LogP contribution is -2.55. The Labute approximate surface area is 176 Å². The summed E-state index contributed by atoms with van der Waals surface area (Å²) >= 11 is 0. The molecule has 0 aliphatic heterocycles. The number of pyridine rings is 1. The molecule has 156 valence electrons. The number of hydrogen-bond donors (Lipinski definition) is 1. The molecule has 29 heavy (non-hydrogen) atoms. The lowest BCUT2D eigenvalue weighted by atomic mass is 9.43. The van der Waals surface area contributed by atoms with E-state index in [0.717, 1.165) is 37.0 Å². The third-order valence-electron chi connectivity index (χ3n) is 9.90. The molecule has 3 unspecified atom stereocenters. The van der Waals surface area contributed by atoms with E-state index in [1.807, 2.05) is 12.3 Å². The molecule has 3 saturated carbocycles. The summed E-state index contributed by atoms with van der Waals surface area (Å²) in [5, 5.41) is 11.1. The Bertz CT molecular complexity index is 815. The van der Waals surface area contributed by atoms with Crippen molar-refractivity contribution in [3.05, 3.63) is 48.8 Å². The van der Waals surface area contributed by atoms with Gasteiger partial charge in [0.1, 0.15) is 0 Å². The minimum Gasteiger partial charge on any atom is -0.390 e. The number of aliphatic hydroxyl groups is 1. The van der Waals surface area contributed by atoms with Gasteiger partial charge in [-0.15, -0.1) is 6.58 Å². The van der Waals surface area contributed by atoms with Gasteiger partial charge in [-0.2, -0.15) is 0 Å². The van der Waals surface area contributed by atoms with Crippen LogP contribution in [0.4, 0.5) is 0 Å². The van der Waals surface area contributed by atoms with Gasteiger partial charge in [0.25, 0.3) is 0 Å². The van der Waals surface area contributed by atoms with Crippen molar-refractivity contribution in [1.82, 2.24) is 4.98 Å². The van der Waals surface area contributed by atoms with Gasteiger partial charge in [-0.1, -0.05) is 32.1 Å². The third-order valence-corrected chi connectivity index (χ3v) is 9.90. The molecule has 2 nitrogen and oxygen atoms in total. The molecule has 0 aromatic carbocycles. The molecule has 4 aliphatic rings. The largest absolute Gasteiger partial charge is 0.390 e. The molecule has 0 amide bonds. The summed E-state index contributed by atoms with van der Waals surface area (Å²) in [5.41, 5.74) is 3.12. The fourth-order valence-corrected chi connectivity index (χ4v) is 8.31. The Balaban J connectivity index is 1.40. The highest BCUT2D eigenvalue weighted by molar-refractivity contribution is 5.72. The molecule has 1 aromatic rings. The lowest BCUT2D eigenvalue weighted by Gasteiger charge is -2.62. The topological polar surface area (TPSA) is 33.1 Å². The van der Waals surface area contributed by atoms with Crippen LogP contribution in [-0.4, -0.2) is 15.7 Å². The van der Waals surface area contributed by atoms with Crippen molar-refractivity contribution in [2.75, 3.05) is 0 Å². The second kappa shape index (κ2) is 6.80. The summed E-state index contributed by atoms with van der Waals surface area (Å²) in [6.45, 7) is 9.01. The normalized spacial score (nSPS) is 46.2. The first-order chi connectivity index (χ1) is 13.9. The third kappa shape index (κ3) is 2.89. The van der Waals surface area contributed by atoms with Gasteiger partial charge >= 0.3 is 0 Å². The van der Waals surface area contributed by atoms with Crippen molar-refractivity contribution in [2.45, 2.75) is 77.2 Å². The molecule has 1 heterocycles. The minimum absolute atomic E-state index is 0.311. The average Bonchev–Trinajstić information content (AvgIpc) is 3.07. The van der Waals surface area contributed by atoms with Gasteiger partial charge < -0.3 is 5.11 Å². The number of hydrogen-bond acceptors (Lipinski definition) is 2. The van der Waals surface area contributed by atoms with Gasteiger partial charge in [0.2, 0.25) is 0 Å². The molecule has 7 atom stereocenters. The molecule has 1 aromatic heterocycles. The number of fused-ring (bicyclic) bond motifs is 5. The van der Waals surface area contributed by atoms with Crippen molar-refractivity contribution in [2.24, 2.45) is 34.5 Å². The smallest absolute Gasteiger partial charge is 0.0685 e. The SMILES string of the molecule is C=CCC1(O)CC[C@@]2(C)C(CCC3[C@@H]2CC[C@]2(C)C(c4cccnc4)=CC[C@@H]32)C1. The van der Waals surface area contributed by atoms with Crippen LogP contribution >= 0.6 is 0 Å². The van der Waals surface area contributed by atoms with Crippen molar-refractivity contribution >= 4 is 5.57 Å². The highest BCUT2D eigenvalue weighted by atomic mass is 16.3. The van der Waals surface area contributed by atoms with Crippen LogP contribution < -0.4 is 0 Å². The van der Waals surface area contributed by atoms with Crippen LogP contribution in [0, 0.1) is 34.5 Å². The van der Waals surface area contributed by atoms with E-state index in [0.29, 0.717) is 16.7 Å². The first-order valence-electron chi connectivity index (χ1n) is 11.8. The Morgan fingerprint density at radius 3 is 2.79 bits per heavy atom. The molecule has 0 radical (unpaired) electrons. The maximum absolute atomic E-state index is 11.1. The van der Waals surface area contributed by atoms with E-state index in [1.165, 1.54) is 44.1 Å². The molecular weight excluding hydrogens is 354 g/mol. The number of rotatable bonds is 3. The first kappa shape index (κ1) is 19.5. The van der Waals surface area contributed by atoms with Gasteiger partial charge in [-0.05, 0) is 109 Å². The van der Waals surface area contributed by atoms with Gasteiger partial charge in [0.05, 0.1) is 5.60 Å². The van der Waals surface area contributed by atoms with E-state index < -0.39 is 5.60 Å². The van der Waals surface area contributed by atoms with Crippen LogP contribution in [0.5, 0.6) is 0 Å². The molecule has 5 rings (SSSR count). The van der Waals surface area contributed by atoms with Crippen LogP contribution in [0.15, 0.2) is 43.3 Å². The quantitative estimate of drug-likeness (QED) is 0.603. The van der Waals surface area contributed by atoms with E-state index in [2.05, 4.69) is 49.8 Å². The number of nitrogens with zero attached hydrogens (tertiary/aromatic N) is 1. The van der Waals surface area contributed by atoms with E-state index in [-0.39, 0.29) is 0 Å². The molecule has 3 fully saturated rings. The average molecular weight is 392 g/mol. The van der Waals surface area contributed by atoms with Crippen molar-refractivity contribution in [1.29, 1.82) is 0 Å². The minimum atomic E-state index is -0.496. The summed E-state index contributed by atoms with van der Waals surface area (Å²) in [7, 11) is 0. The number of allylic oxidation sites excluding steroid dienone is 2. The van der Waals surface area contributed by atoms with E-state index in [1.54, 1.807) is 5.57 Å². The highest BCUT2D eigenvalue weighted by Crippen LogP contribution is 2.68. The summed E-state index contributed by atoms with van der Waals surface area (Å²) in [5.74, 6) is 3.13. The van der Waals surface area contributed by atoms with E-state index >= 15 is 0 Å². The Kier molecular flexibility index (Phi) is 4.59. The molecule has 0 saturated heterocycles. The summed E-state index contributed by atoms with van der Waals surface area (Å²) in [4.78, 5) is 4.40. The van der Waals surface area contributed by atoms with Crippen molar-refractivity contribution in [3.63, 3.8) is 0 Å². The summed E-state index contributed by atoms with van der Waals surface area (Å²) < 4.78 is 0. The molecule has 0 spiro atoms. The Morgan fingerprint density at radius 2 is 2.03 bits per heavy atom. The van der Waals surface area contributed by atoms with Crippen LogP contribution in [0.3, 0.4) is 0 Å². The predicted octanol–water partition coefficient (Wildman–Crippen LogP) is 6.42. The van der Waals surface area contributed by atoms with E-state index in [9.17, 15) is 5.11 Å². The molecule has 0 bridgehead atoms. The summed E-state index contributed by atoms with van der Waals surface area (Å²) in [6, 6.07) is 4.33.